The fourth-order valence-corrected chi connectivity index (χ4v) is 4.89. The molecule has 3 aromatic carbocycles. The lowest BCUT2D eigenvalue weighted by Gasteiger charge is -2.11. The standard InChI is InChI=1S/C29H25N3O4S/c1-3-28-31-32-16-24(30-29(32)37-28)27-15-23-25(13-22(33-2)14-26(23)36-27)35-18-20-10-7-11-21(12-20)34-17-19-8-5-4-6-9-19/h4-16H,3,17-18H2,1-2H3. The molecule has 0 unspecified atom stereocenters. The molecule has 0 amide bonds. The number of rotatable bonds is 9. The summed E-state index contributed by atoms with van der Waals surface area (Å²) in [5, 5.41) is 6.46. The predicted octanol–water partition coefficient (Wildman–Crippen LogP) is 6.93. The van der Waals surface area contributed by atoms with Gasteiger partial charge in [0.15, 0.2) is 5.76 Å². The summed E-state index contributed by atoms with van der Waals surface area (Å²) in [6.07, 6.45) is 2.78. The highest BCUT2D eigenvalue weighted by molar-refractivity contribution is 7.16. The molecule has 7 nitrogen and oxygen atoms in total. The second kappa shape index (κ2) is 9.99. The van der Waals surface area contributed by atoms with Gasteiger partial charge in [-0.05, 0) is 35.7 Å². The molecule has 0 spiro atoms. The highest BCUT2D eigenvalue weighted by atomic mass is 32.1. The zero-order valence-corrected chi connectivity index (χ0v) is 21.3. The second-order valence-corrected chi connectivity index (χ2v) is 9.60. The molecule has 6 rings (SSSR count). The Morgan fingerprint density at radius 1 is 0.892 bits per heavy atom. The summed E-state index contributed by atoms with van der Waals surface area (Å²) in [6, 6.07) is 23.7. The third-order valence-corrected chi connectivity index (χ3v) is 7.06. The Morgan fingerprint density at radius 2 is 1.73 bits per heavy atom. The van der Waals surface area contributed by atoms with Crippen LogP contribution in [0.2, 0.25) is 0 Å². The Balaban J connectivity index is 1.23. The Morgan fingerprint density at radius 3 is 2.54 bits per heavy atom. The number of aromatic nitrogens is 3. The fraction of sp³-hybridized carbons (Fsp3) is 0.172. The van der Waals surface area contributed by atoms with E-state index in [2.05, 4.69) is 12.0 Å². The molecule has 0 N–H and O–H groups in total. The maximum Gasteiger partial charge on any atom is 0.212 e. The summed E-state index contributed by atoms with van der Waals surface area (Å²) in [7, 11) is 1.63. The highest BCUT2D eigenvalue weighted by Gasteiger charge is 2.17. The van der Waals surface area contributed by atoms with Gasteiger partial charge in [-0.3, -0.25) is 0 Å². The molecule has 3 aromatic heterocycles. The van der Waals surface area contributed by atoms with Crippen molar-refractivity contribution in [1.82, 2.24) is 14.6 Å². The van der Waals surface area contributed by atoms with Gasteiger partial charge in [-0.2, -0.15) is 5.10 Å². The largest absolute Gasteiger partial charge is 0.496 e. The van der Waals surface area contributed by atoms with E-state index in [-0.39, 0.29) is 0 Å². The summed E-state index contributed by atoms with van der Waals surface area (Å²) in [6.45, 7) is 2.97. The van der Waals surface area contributed by atoms with Crippen LogP contribution < -0.4 is 14.2 Å². The number of hydrogen-bond donors (Lipinski definition) is 0. The monoisotopic (exact) mass is 511 g/mol. The molecule has 0 aliphatic carbocycles. The molecule has 8 heteroatoms. The number of nitrogens with zero attached hydrogens (tertiary/aromatic N) is 3. The summed E-state index contributed by atoms with van der Waals surface area (Å²) >= 11 is 1.58. The fourth-order valence-electron chi connectivity index (χ4n) is 4.08. The van der Waals surface area contributed by atoms with Crippen LogP contribution in [0.25, 0.3) is 27.4 Å². The molecule has 6 aromatic rings. The summed E-state index contributed by atoms with van der Waals surface area (Å²) < 4.78 is 25.7. The van der Waals surface area contributed by atoms with Crippen molar-refractivity contribution in [2.75, 3.05) is 7.11 Å². The molecule has 0 saturated heterocycles. The van der Waals surface area contributed by atoms with Crippen molar-refractivity contribution in [3.8, 4) is 28.7 Å². The first-order valence-corrected chi connectivity index (χ1v) is 12.9. The molecule has 0 fully saturated rings. The molecule has 0 atom stereocenters. The first-order valence-electron chi connectivity index (χ1n) is 12.0. The minimum Gasteiger partial charge on any atom is -0.496 e. The quantitative estimate of drug-likeness (QED) is 0.210. The van der Waals surface area contributed by atoms with Crippen LogP contribution in [0.1, 0.15) is 23.1 Å². The highest BCUT2D eigenvalue weighted by Crippen LogP contribution is 2.37. The molecule has 0 aliphatic rings. The van der Waals surface area contributed by atoms with Gasteiger partial charge in [0.05, 0.1) is 18.7 Å². The zero-order chi connectivity index (χ0) is 25.2. The van der Waals surface area contributed by atoms with Crippen LogP contribution in [0.3, 0.4) is 0 Å². The van der Waals surface area contributed by atoms with Crippen molar-refractivity contribution in [3.63, 3.8) is 0 Å². The predicted molar refractivity (Wildman–Crippen MR) is 144 cm³/mol. The van der Waals surface area contributed by atoms with Crippen LogP contribution in [0.5, 0.6) is 17.2 Å². The van der Waals surface area contributed by atoms with E-state index >= 15 is 0 Å². The topological polar surface area (TPSA) is 71.0 Å². The van der Waals surface area contributed by atoms with Gasteiger partial charge in [0, 0.05) is 12.1 Å². The number of fused-ring (bicyclic) bond motifs is 2. The number of furan rings is 1. The SMILES string of the molecule is CCc1nn2cc(-c3cc4c(OCc5cccc(OCc6ccccc6)c5)cc(OC)cc4o3)nc2s1. The van der Waals surface area contributed by atoms with Gasteiger partial charge in [0.2, 0.25) is 4.96 Å². The van der Waals surface area contributed by atoms with E-state index in [1.807, 2.05) is 79.0 Å². The molecule has 0 radical (unpaired) electrons. The van der Waals surface area contributed by atoms with Gasteiger partial charge in [0.25, 0.3) is 0 Å². The summed E-state index contributed by atoms with van der Waals surface area (Å²) in [4.78, 5) is 5.54. The lowest BCUT2D eigenvalue weighted by molar-refractivity contribution is 0.296. The zero-order valence-electron chi connectivity index (χ0n) is 20.5. The molecule has 186 valence electrons. The van der Waals surface area contributed by atoms with E-state index in [0.717, 1.165) is 44.3 Å². The van der Waals surface area contributed by atoms with Gasteiger partial charge >= 0.3 is 0 Å². The first kappa shape index (κ1) is 23.1. The van der Waals surface area contributed by atoms with Crippen LogP contribution in [0, 0.1) is 0 Å². The summed E-state index contributed by atoms with van der Waals surface area (Å²) in [5.41, 5.74) is 3.52. The van der Waals surface area contributed by atoms with Crippen molar-refractivity contribution >= 4 is 27.3 Å². The molecular formula is C29H25N3O4S. The van der Waals surface area contributed by atoms with E-state index in [1.54, 1.807) is 23.0 Å². The Bertz CT molecular complexity index is 1640. The molecule has 0 saturated carbocycles. The van der Waals surface area contributed by atoms with Crippen LogP contribution in [0.4, 0.5) is 0 Å². The van der Waals surface area contributed by atoms with Gasteiger partial charge in [-0.15, -0.1) is 0 Å². The number of hydrogen-bond acceptors (Lipinski definition) is 7. The third kappa shape index (κ3) is 4.88. The van der Waals surface area contributed by atoms with Gasteiger partial charge in [-0.25, -0.2) is 9.50 Å². The Kier molecular flexibility index (Phi) is 6.24. The van der Waals surface area contributed by atoms with E-state index in [4.69, 9.17) is 23.6 Å². The normalized spacial score (nSPS) is 11.3. The van der Waals surface area contributed by atoms with Crippen molar-refractivity contribution in [3.05, 3.63) is 95.1 Å². The molecule has 37 heavy (non-hydrogen) atoms. The third-order valence-electron chi connectivity index (χ3n) is 5.99. The lowest BCUT2D eigenvalue weighted by atomic mass is 10.2. The van der Waals surface area contributed by atoms with Crippen LogP contribution in [-0.2, 0) is 19.6 Å². The number of imidazole rings is 1. The van der Waals surface area contributed by atoms with Crippen molar-refractivity contribution in [1.29, 1.82) is 0 Å². The molecule has 0 aliphatic heterocycles. The van der Waals surface area contributed by atoms with Crippen molar-refractivity contribution < 1.29 is 18.6 Å². The summed E-state index contributed by atoms with van der Waals surface area (Å²) in [5.74, 6) is 2.78. The van der Waals surface area contributed by atoms with Crippen molar-refractivity contribution in [2.24, 2.45) is 0 Å². The van der Waals surface area contributed by atoms with E-state index < -0.39 is 0 Å². The maximum atomic E-state index is 6.26. The number of benzene rings is 3. The van der Waals surface area contributed by atoms with Crippen LogP contribution in [-0.4, -0.2) is 21.7 Å². The first-order chi connectivity index (χ1) is 18.2. The average molecular weight is 512 g/mol. The van der Waals surface area contributed by atoms with Gasteiger partial charge in [0.1, 0.15) is 46.7 Å². The minimum atomic E-state index is 0.370. The number of methoxy groups -OCH3 is 1. The number of aryl methyl sites for hydroxylation is 1. The number of ether oxygens (including phenoxy) is 3. The van der Waals surface area contributed by atoms with E-state index in [1.165, 1.54) is 0 Å². The molecule has 0 bridgehead atoms. The average Bonchev–Trinajstić information content (AvgIpc) is 3.64. The maximum absolute atomic E-state index is 6.26. The second-order valence-electron chi connectivity index (χ2n) is 8.56. The van der Waals surface area contributed by atoms with Gasteiger partial charge in [-0.1, -0.05) is 60.7 Å². The van der Waals surface area contributed by atoms with E-state index in [0.29, 0.717) is 36.1 Å². The Hall–Kier alpha value is -4.30. The van der Waals surface area contributed by atoms with Gasteiger partial charge < -0.3 is 18.6 Å². The lowest BCUT2D eigenvalue weighted by Crippen LogP contribution is -1.99. The van der Waals surface area contributed by atoms with E-state index in [9.17, 15) is 0 Å². The van der Waals surface area contributed by atoms with Crippen LogP contribution >= 0.6 is 11.3 Å². The molecular weight excluding hydrogens is 486 g/mol. The Labute approximate surface area is 217 Å². The molecule has 3 heterocycles. The minimum absolute atomic E-state index is 0.370. The van der Waals surface area contributed by atoms with Crippen LogP contribution in [0.15, 0.2) is 83.4 Å². The smallest absolute Gasteiger partial charge is 0.212 e. The van der Waals surface area contributed by atoms with Crippen molar-refractivity contribution in [2.45, 2.75) is 26.6 Å².